The van der Waals surface area contributed by atoms with Crippen molar-refractivity contribution in [2.24, 2.45) is 0 Å². The molecule has 1 amide bonds. The normalized spacial score (nSPS) is 10.6. The number of nitrogens with zero attached hydrogens (tertiary/aromatic N) is 3. The van der Waals surface area contributed by atoms with E-state index in [0.29, 0.717) is 29.4 Å². The van der Waals surface area contributed by atoms with Gasteiger partial charge in [0, 0.05) is 59.0 Å². The fourth-order valence-corrected chi connectivity index (χ4v) is 3.88. The summed E-state index contributed by atoms with van der Waals surface area (Å²) in [6, 6.07) is 26.4. The predicted octanol–water partition coefficient (Wildman–Crippen LogP) is 6.04. The van der Waals surface area contributed by atoms with Gasteiger partial charge in [-0.3, -0.25) is 9.78 Å². The van der Waals surface area contributed by atoms with E-state index in [1.54, 1.807) is 42.9 Å². The third-order valence-electron chi connectivity index (χ3n) is 5.95. The van der Waals surface area contributed by atoms with Crippen LogP contribution in [-0.4, -0.2) is 20.9 Å². The Labute approximate surface area is 221 Å². The summed E-state index contributed by atoms with van der Waals surface area (Å²) < 4.78 is 0. The highest BCUT2D eigenvalue weighted by Crippen LogP contribution is 2.25. The summed E-state index contributed by atoms with van der Waals surface area (Å²) in [5.74, 6) is 0.331. The van der Waals surface area contributed by atoms with Crippen LogP contribution in [0.1, 0.15) is 21.5 Å². The van der Waals surface area contributed by atoms with Crippen molar-refractivity contribution in [1.82, 2.24) is 15.0 Å². The van der Waals surface area contributed by atoms with Crippen molar-refractivity contribution in [3.8, 4) is 11.3 Å². The van der Waals surface area contributed by atoms with Crippen LogP contribution in [-0.2, 0) is 6.54 Å². The summed E-state index contributed by atoms with van der Waals surface area (Å²) >= 11 is 0. The quantitative estimate of drug-likeness (QED) is 0.192. The van der Waals surface area contributed by atoms with Crippen LogP contribution in [0.25, 0.3) is 11.3 Å². The topological polar surface area (TPSA) is 118 Å². The van der Waals surface area contributed by atoms with Gasteiger partial charge < -0.3 is 21.7 Å². The number of nitrogen functional groups attached to an aromatic ring is 1. The minimum absolute atomic E-state index is 0.181. The highest BCUT2D eigenvalue weighted by Gasteiger charge is 2.08. The third-order valence-corrected chi connectivity index (χ3v) is 5.95. The number of benzene rings is 3. The molecule has 5 rings (SSSR count). The van der Waals surface area contributed by atoms with Gasteiger partial charge in [-0.05, 0) is 78.7 Å². The summed E-state index contributed by atoms with van der Waals surface area (Å²) in [7, 11) is 0. The van der Waals surface area contributed by atoms with E-state index in [0.717, 1.165) is 33.8 Å². The molecular formula is C30H27N7O. The Bertz CT molecular complexity index is 1550. The highest BCUT2D eigenvalue weighted by atomic mass is 16.1. The van der Waals surface area contributed by atoms with Gasteiger partial charge in [-0.2, -0.15) is 0 Å². The van der Waals surface area contributed by atoms with Crippen molar-refractivity contribution in [3.63, 3.8) is 0 Å². The standard InChI is InChI=1S/C30H27N7O/c1-20-7-12-25(17-28(20)37-30-33-15-13-27(36-30)23-4-3-14-32-19-23)34-18-21-8-10-22(11-9-21)29(38)35-26-6-2-5-24(31)16-26/h2-17,19,34H,18,31H2,1H3,(H,35,38)(H,33,36,37). The van der Waals surface area contributed by atoms with Crippen molar-refractivity contribution in [1.29, 1.82) is 0 Å². The Morgan fingerprint density at radius 3 is 2.55 bits per heavy atom. The average Bonchev–Trinajstić information content (AvgIpc) is 2.94. The lowest BCUT2D eigenvalue weighted by molar-refractivity contribution is 0.102. The molecule has 0 bridgehead atoms. The van der Waals surface area contributed by atoms with E-state index in [9.17, 15) is 4.79 Å². The van der Waals surface area contributed by atoms with E-state index in [1.807, 2.05) is 67.6 Å². The SMILES string of the molecule is Cc1ccc(NCc2ccc(C(=O)Nc3cccc(N)c3)cc2)cc1Nc1nccc(-c2cccnc2)n1. The number of anilines is 5. The lowest BCUT2D eigenvalue weighted by Crippen LogP contribution is -2.12. The van der Waals surface area contributed by atoms with Gasteiger partial charge in [-0.1, -0.05) is 24.3 Å². The molecule has 5 N–H and O–H groups in total. The molecule has 0 atom stereocenters. The maximum atomic E-state index is 12.5. The lowest BCUT2D eigenvalue weighted by Gasteiger charge is -2.13. The summed E-state index contributed by atoms with van der Waals surface area (Å²) in [5.41, 5.74) is 13.3. The number of pyridine rings is 1. The molecule has 0 aliphatic heterocycles. The fourth-order valence-electron chi connectivity index (χ4n) is 3.88. The molecule has 0 radical (unpaired) electrons. The van der Waals surface area contributed by atoms with Gasteiger partial charge >= 0.3 is 0 Å². The van der Waals surface area contributed by atoms with E-state index in [4.69, 9.17) is 5.73 Å². The Balaban J connectivity index is 1.22. The maximum Gasteiger partial charge on any atom is 0.255 e. The van der Waals surface area contributed by atoms with Gasteiger partial charge in [0.2, 0.25) is 5.95 Å². The molecule has 0 saturated heterocycles. The summed E-state index contributed by atoms with van der Waals surface area (Å²) in [6.07, 6.45) is 5.24. The van der Waals surface area contributed by atoms with Crippen LogP contribution in [0.15, 0.2) is 104 Å². The van der Waals surface area contributed by atoms with Gasteiger partial charge in [0.25, 0.3) is 5.91 Å². The zero-order valence-electron chi connectivity index (χ0n) is 20.8. The molecule has 8 nitrogen and oxygen atoms in total. The first-order valence-electron chi connectivity index (χ1n) is 12.1. The predicted molar refractivity (Wildman–Crippen MR) is 152 cm³/mol. The van der Waals surface area contributed by atoms with E-state index < -0.39 is 0 Å². The van der Waals surface area contributed by atoms with Crippen molar-refractivity contribution >= 4 is 34.6 Å². The minimum atomic E-state index is -0.181. The van der Waals surface area contributed by atoms with E-state index in [2.05, 4.69) is 30.9 Å². The number of amides is 1. The molecule has 188 valence electrons. The summed E-state index contributed by atoms with van der Waals surface area (Å²) in [6.45, 7) is 2.64. The molecule has 38 heavy (non-hydrogen) atoms. The van der Waals surface area contributed by atoms with Gasteiger partial charge in [-0.15, -0.1) is 0 Å². The number of nitrogens with two attached hydrogens (primary N) is 1. The molecule has 8 heteroatoms. The molecular weight excluding hydrogens is 474 g/mol. The molecule has 0 aliphatic carbocycles. The van der Waals surface area contributed by atoms with Gasteiger partial charge in [-0.25, -0.2) is 9.97 Å². The monoisotopic (exact) mass is 501 g/mol. The largest absolute Gasteiger partial charge is 0.399 e. The van der Waals surface area contributed by atoms with Crippen LogP contribution in [0, 0.1) is 6.92 Å². The fraction of sp³-hybridized carbons (Fsp3) is 0.0667. The smallest absolute Gasteiger partial charge is 0.255 e. The van der Waals surface area contributed by atoms with Gasteiger partial charge in [0.15, 0.2) is 0 Å². The third kappa shape index (κ3) is 6.11. The Morgan fingerprint density at radius 1 is 0.895 bits per heavy atom. The van der Waals surface area contributed by atoms with Gasteiger partial charge in [0.05, 0.1) is 5.69 Å². The summed E-state index contributed by atoms with van der Waals surface area (Å²) in [5, 5.41) is 9.64. The van der Waals surface area contributed by atoms with Gasteiger partial charge in [0.1, 0.15) is 0 Å². The Morgan fingerprint density at radius 2 is 1.76 bits per heavy atom. The molecule has 0 spiro atoms. The first-order valence-corrected chi connectivity index (χ1v) is 12.1. The molecule has 0 unspecified atom stereocenters. The number of hydrogen-bond acceptors (Lipinski definition) is 7. The van der Waals surface area contributed by atoms with Crippen LogP contribution >= 0.6 is 0 Å². The number of aromatic nitrogens is 3. The first kappa shape index (κ1) is 24.5. The van der Waals surface area contributed by atoms with Crippen molar-refractivity contribution in [2.75, 3.05) is 21.7 Å². The molecule has 0 fully saturated rings. The number of nitrogens with one attached hydrogen (secondary N) is 3. The molecule has 2 heterocycles. The number of hydrogen-bond donors (Lipinski definition) is 4. The first-order chi connectivity index (χ1) is 18.5. The van der Waals surface area contributed by atoms with Crippen LogP contribution in [0.3, 0.4) is 0 Å². The molecule has 2 aromatic heterocycles. The number of aryl methyl sites for hydroxylation is 1. The van der Waals surface area contributed by atoms with Crippen LogP contribution in [0.5, 0.6) is 0 Å². The van der Waals surface area contributed by atoms with E-state index >= 15 is 0 Å². The summed E-state index contributed by atoms with van der Waals surface area (Å²) in [4.78, 5) is 25.7. The van der Waals surface area contributed by atoms with E-state index in [-0.39, 0.29) is 5.91 Å². The second kappa shape index (κ2) is 11.2. The molecule has 3 aromatic carbocycles. The maximum absolute atomic E-state index is 12.5. The highest BCUT2D eigenvalue weighted by molar-refractivity contribution is 6.04. The number of rotatable bonds is 8. The van der Waals surface area contributed by atoms with Crippen LogP contribution in [0.4, 0.5) is 28.7 Å². The Hall–Kier alpha value is -5.24. The molecule has 0 aliphatic rings. The lowest BCUT2D eigenvalue weighted by atomic mass is 10.1. The van der Waals surface area contributed by atoms with E-state index in [1.165, 1.54) is 0 Å². The minimum Gasteiger partial charge on any atom is -0.399 e. The zero-order chi connectivity index (χ0) is 26.3. The Kier molecular flexibility index (Phi) is 7.22. The number of carbonyl (C=O) groups is 1. The number of carbonyl (C=O) groups excluding carboxylic acids is 1. The zero-order valence-corrected chi connectivity index (χ0v) is 20.8. The van der Waals surface area contributed by atoms with Crippen molar-refractivity contribution < 1.29 is 4.79 Å². The second-order valence-electron chi connectivity index (χ2n) is 8.79. The van der Waals surface area contributed by atoms with Crippen LogP contribution in [0.2, 0.25) is 0 Å². The second-order valence-corrected chi connectivity index (χ2v) is 8.79. The van der Waals surface area contributed by atoms with Crippen LogP contribution < -0.4 is 21.7 Å². The van der Waals surface area contributed by atoms with Crippen molar-refractivity contribution in [3.05, 3.63) is 120 Å². The average molecular weight is 502 g/mol. The molecule has 5 aromatic rings. The van der Waals surface area contributed by atoms with Crippen molar-refractivity contribution in [2.45, 2.75) is 13.5 Å². The molecule has 0 saturated carbocycles.